The van der Waals surface area contributed by atoms with Crippen LogP contribution in [0.2, 0.25) is 0 Å². The monoisotopic (exact) mass is 385 g/mol. The second-order valence-electron chi connectivity index (χ2n) is 8.09. The van der Waals surface area contributed by atoms with Gasteiger partial charge in [-0.15, -0.1) is 0 Å². The molecule has 0 spiro atoms. The number of piperazine rings is 1. The second kappa shape index (κ2) is 7.82. The van der Waals surface area contributed by atoms with Crippen LogP contribution in [0.15, 0.2) is 41.9 Å². The SMILES string of the molecule is C=C1NC(c2cc(C)c(C#N)c(C)c2)=Nc2ccc(CN3CCN(C)CC3)cc21. The Labute approximate surface area is 173 Å². The maximum absolute atomic E-state index is 9.31. The van der Waals surface area contributed by atoms with E-state index in [1.807, 2.05) is 26.0 Å². The van der Waals surface area contributed by atoms with Crippen molar-refractivity contribution in [3.05, 3.63) is 70.3 Å². The molecule has 0 atom stereocenters. The van der Waals surface area contributed by atoms with E-state index >= 15 is 0 Å². The molecule has 0 unspecified atom stereocenters. The Bertz CT molecular complexity index is 1010. The quantitative estimate of drug-likeness (QED) is 0.878. The van der Waals surface area contributed by atoms with Crippen LogP contribution in [0.25, 0.3) is 5.70 Å². The maximum Gasteiger partial charge on any atom is 0.138 e. The van der Waals surface area contributed by atoms with Crippen molar-refractivity contribution in [1.82, 2.24) is 15.1 Å². The summed E-state index contributed by atoms with van der Waals surface area (Å²) in [6.45, 7) is 13.6. The third kappa shape index (κ3) is 3.95. The standard InChI is InChI=1S/C24H27N5/c1-16-11-20(12-17(2)22(16)14-25)24-26-18(3)21-13-19(5-6-23(21)27-24)15-29-9-7-28(4)8-10-29/h5-6,11-13H,3,7-10,15H2,1-2,4H3,(H,26,27). The van der Waals surface area contributed by atoms with Crippen LogP contribution in [0.1, 0.15) is 33.4 Å². The highest BCUT2D eigenvalue weighted by Crippen LogP contribution is 2.31. The van der Waals surface area contributed by atoms with E-state index in [2.05, 4.69) is 53.0 Å². The number of aliphatic imine (C=N–C) groups is 1. The minimum absolute atomic E-state index is 0.734. The molecule has 0 aromatic heterocycles. The molecule has 2 heterocycles. The minimum Gasteiger partial charge on any atom is -0.340 e. The number of amidine groups is 1. The number of hydrogen-bond acceptors (Lipinski definition) is 5. The van der Waals surface area contributed by atoms with Crippen LogP contribution in [0, 0.1) is 25.2 Å². The topological polar surface area (TPSA) is 54.7 Å². The lowest BCUT2D eigenvalue weighted by atomic mass is 9.98. The number of likely N-dealkylation sites (N-methyl/N-ethyl adjacent to an activating group) is 1. The highest BCUT2D eigenvalue weighted by molar-refractivity contribution is 6.08. The van der Waals surface area contributed by atoms with Gasteiger partial charge in [0.1, 0.15) is 5.84 Å². The molecule has 29 heavy (non-hydrogen) atoms. The molecule has 1 saturated heterocycles. The van der Waals surface area contributed by atoms with Gasteiger partial charge in [0.05, 0.1) is 17.3 Å². The van der Waals surface area contributed by atoms with Gasteiger partial charge in [-0.3, -0.25) is 4.90 Å². The number of nitriles is 1. The van der Waals surface area contributed by atoms with Gasteiger partial charge in [-0.25, -0.2) is 4.99 Å². The summed E-state index contributed by atoms with van der Waals surface area (Å²) in [5, 5.41) is 12.7. The van der Waals surface area contributed by atoms with Gasteiger partial charge in [-0.1, -0.05) is 12.6 Å². The first-order valence-electron chi connectivity index (χ1n) is 10.0. The highest BCUT2D eigenvalue weighted by Gasteiger charge is 2.19. The van der Waals surface area contributed by atoms with E-state index in [-0.39, 0.29) is 0 Å². The molecule has 0 aliphatic carbocycles. The zero-order valence-corrected chi connectivity index (χ0v) is 17.4. The second-order valence-corrected chi connectivity index (χ2v) is 8.09. The van der Waals surface area contributed by atoms with Crippen molar-refractivity contribution in [2.24, 2.45) is 4.99 Å². The van der Waals surface area contributed by atoms with Crippen molar-refractivity contribution < 1.29 is 0 Å². The Morgan fingerprint density at radius 3 is 2.45 bits per heavy atom. The largest absolute Gasteiger partial charge is 0.340 e. The van der Waals surface area contributed by atoms with Gasteiger partial charge in [-0.2, -0.15) is 5.26 Å². The summed E-state index contributed by atoms with van der Waals surface area (Å²) >= 11 is 0. The maximum atomic E-state index is 9.31. The predicted octanol–water partition coefficient (Wildman–Crippen LogP) is 3.57. The minimum atomic E-state index is 0.734. The van der Waals surface area contributed by atoms with Crippen LogP contribution >= 0.6 is 0 Å². The first-order chi connectivity index (χ1) is 13.9. The molecule has 2 aliphatic heterocycles. The third-order valence-electron chi connectivity index (χ3n) is 5.81. The summed E-state index contributed by atoms with van der Waals surface area (Å²) in [7, 11) is 2.18. The Balaban J connectivity index is 1.60. The molecule has 4 rings (SSSR count). The zero-order valence-electron chi connectivity index (χ0n) is 17.4. The average molecular weight is 386 g/mol. The van der Waals surface area contributed by atoms with Crippen LogP contribution in [-0.4, -0.2) is 48.9 Å². The lowest BCUT2D eigenvalue weighted by Crippen LogP contribution is -2.43. The third-order valence-corrected chi connectivity index (χ3v) is 5.81. The number of nitrogens with zero attached hydrogens (tertiary/aromatic N) is 4. The van der Waals surface area contributed by atoms with Crippen LogP contribution in [0.3, 0.4) is 0 Å². The molecule has 2 aromatic carbocycles. The molecule has 2 aliphatic rings. The summed E-state index contributed by atoms with van der Waals surface area (Å²) < 4.78 is 0. The summed E-state index contributed by atoms with van der Waals surface area (Å²) in [4.78, 5) is 9.71. The van der Waals surface area contributed by atoms with E-state index in [9.17, 15) is 5.26 Å². The number of rotatable bonds is 3. The summed E-state index contributed by atoms with van der Waals surface area (Å²) in [6.07, 6.45) is 0. The Morgan fingerprint density at radius 1 is 1.10 bits per heavy atom. The number of benzene rings is 2. The van der Waals surface area contributed by atoms with Crippen LogP contribution < -0.4 is 5.32 Å². The first kappa shape index (κ1) is 19.4. The van der Waals surface area contributed by atoms with Gasteiger partial charge in [0.2, 0.25) is 0 Å². The van der Waals surface area contributed by atoms with E-state index in [0.29, 0.717) is 0 Å². The van der Waals surface area contributed by atoms with Gasteiger partial charge < -0.3 is 10.2 Å². The Kier molecular flexibility index (Phi) is 5.23. The van der Waals surface area contributed by atoms with E-state index in [4.69, 9.17) is 4.99 Å². The average Bonchev–Trinajstić information content (AvgIpc) is 2.70. The summed E-state index contributed by atoms with van der Waals surface area (Å²) in [5.41, 5.74) is 7.79. The van der Waals surface area contributed by atoms with Crippen molar-refractivity contribution in [3.8, 4) is 6.07 Å². The lowest BCUT2D eigenvalue weighted by Gasteiger charge is -2.32. The van der Waals surface area contributed by atoms with Gasteiger partial charge >= 0.3 is 0 Å². The smallest absolute Gasteiger partial charge is 0.138 e. The van der Waals surface area contributed by atoms with Gasteiger partial charge in [0.25, 0.3) is 0 Å². The molecule has 0 amide bonds. The Morgan fingerprint density at radius 2 is 1.79 bits per heavy atom. The van der Waals surface area contributed by atoms with E-state index in [1.165, 1.54) is 5.56 Å². The van der Waals surface area contributed by atoms with Crippen molar-refractivity contribution in [2.75, 3.05) is 33.2 Å². The fourth-order valence-corrected chi connectivity index (χ4v) is 4.06. The molecular weight excluding hydrogens is 358 g/mol. The van der Waals surface area contributed by atoms with Crippen molar-refractivity contribution in [1.29, 1.82) is 5.26 Å². The normalized spacial score (nSPS) is 17.3. The Hall–Kier alpha value is -2.94. The molecule has 0 radical (unpaired) electrons. The van der Waals surface area contributed by atoms with Crippen molar-refractivity contribution >= 4 is 17.2 Å². The first-order valence-corrected chi connectivity index (χ1v) is 10.0. The molecule has 2 aromatic rings. The van der Waals surface area contributed by atoms with Crippen LogP contribution in [-0.2, 0) is 6.54 Å². The lowest BCUT2D eigenvalue weighted by molar-refractivity contribution is 0.148. The molecule has 1 N–H and O–H groups in total. The van der Waals surface area contributed by atoms with Crippen LogP contribution in [0.5, 0.6) is 0 Å². The summed E-state index contributed by atoms with van der Waals surface area (Å²) in [5.74, 6) is 0.782. The molecule has 1 fully saturated rings. The number of nitrogens with one attached hydrogen (secondary N) is 1. The number of fused-ring (bicyclic) bond motifs is 1. The van der Waals surface area contributed by atoms with E-state index in [1.54, 1.807) is 0 Å². The molecular formula is C24H27N5. The molecule has 148 valence electrons. The van der Waals surface area contributed by atoms with Gasteiger partial charge in [0.15, 0.2) is 0 Å². The van der Waals surface area contributed by atoms with E-state index in [0.717, 1.165) is 77.8 Å². The number of hydrogen-bond donors (Lipinski definition) is 1. The zero-order chi connectivity index (χ0) is 20.5. The molecule has 5 nitrogen and oxygen atoms in total. The predicted molar refractivity (Wildman–Crippen MR) is 118 cm³/mol. The van der Waals surface area contributed by atoms with Crippen molar-refractivity contribution in [3.63, 3.8) is 0 Å². The van der Waals surface area contributed by atoms with Crippen LogP contribution in [0.4, 0.5) is 5.69 Å². The fourth-order valence-electron chi connectivity index (χ4n) is 4.06. The summed E-state index contributed by atoms with van der Waals surface area (Å²) in [6, 6.07) is 12.8. The van der Waals surface area contributed by atoms with E-state index < -0.39 is 0 Å². The molecule has 5 heteroatoms. The highest BCUT2D eigenvalue weighted by atomic mass is 15.2. The van der Waals surface area contributed by atoms with Gasteiger partial charge in [0, 0.05) is 49.5 Å². The van der Waals surface area contributed by atoms with Crippen molar-refractivity contribution in [2.45, 2.75) is 20.4 Å². The van der Waals surface area contributed by atoms with Gasteiger partial charge in [-0.05, 0) is 61.9 Å². The molecule has 0 saturated carbocycles. The molecule has 0 bridgehead atoms. The fraction of sp³-hybridized carbons (Fsp3) is 0.333. The number of aryl methyl sites for hydroxylation is 2.